The van der Waals surface area contributed by atoms with Gasteiger partial charge in [-0.1, -0.05) is 32.9 Å². The topological polar surface area (TPSA) is 70.2 Å². The van der Waals surface area contributed by atoms with Crippen LogP contribution in [0, 0.1) is 11.3 Å². The maximum Gasteiger partial charge on any atom is 0.253 e. The van der Waals surface area contributed by atoms with E-state index in [0.717, 1.165) is 19.5 Å². The average Bonchev–Trinajstić information content (AvgIpc) is 3.00. The van der Waals surface area contributed by atoms with Gasteiger partial charge in [0.1, 0.15) is 0 Å². The molecule has 5 nitrogen and oxygen atoms in total. The number of carbonyl (C=O) groups is 2. The number of benzene rings is 1. The van der Waals surface area contributed by atoms with Crippen molar-refractivity contribution in [2.75, 3.05) is 25.0 Å². The van der Waals surface area contributed by atoms with E-state index < -0.39 is 5.41 Å². The summed E-state index contributed by atoms with van der Waals surface area (Å²) in [5.74, 6) is 0.404. The van der Waals surface area contributed by atoms with Gasteiger partial charge in [-0.05, 0) is 44.0 Å². The van der Waals surface area contributed by atoms with E-state index in [9.17, 15) is 9.59 Å². The molecule has 1 aromatic rings. The summed E-state index contributed by atoms with van der Waals surface area (Å²) in [5, 5.41) is 9.14. The number of para-hydroxylation sites is 1. The summed E-state index contributed by atoms with van der Waals surface area (Å²) in [5.41, 5.74) is 0.570. The second-order valence-electron chi connectivity index (χ2n) is 7.15. The number of nitrogens with one attached hydrogen (secondary N) is 3. The predicted molar refractivity (Wildman–Crippen MR) is 99.7 cm³/mol. The van der Waals surface area contributed by atoms with Crippen molar-refractivity contribution >= 4 is 29.9 Å². The van der Waals surface area contributed by atoms with Crippen molar-refractivity contribution in [1.29, 1.82) is 0 Å². The van der Waals surface area contributed by atoms with E-state index in [1.165, 1.54) is 6.42 Å². The van der Waals surface area contributed by atoms with Crippen LogP contribution in [0.2, 0.25) is 0 Å². The molecule has 0 spiro atoms. The van der Waals surface area contributed by atoms with Gasteiger partial charge in [0.15, 0.2) is 0 Å². The molecule has 0 aliphatic carbocycles. The summed E-state index contributed by atoms with van der Waals surface area (Å²) < 4.78 is 0. The van der Waals surface area contributed by atoms with E-state index >= 15 is 0 Å². The highest BCUT2D eigenvalue weighted by atomic mass is 35.5. The molecule has 1 aliphatic heterocycles. The molecule has 1 heterocycles. The fourth-order valence-electron chi connectivity index (χ4n) is 2.55. The van der Waals surface area contributed by atoms with Gasteiger partial charge in [0.05, 0.1) is 11.3 Å². The molecule has 1 fully saturated rings. The molecule has 24 heavy (non-hydrogen) atoms. The molecule has 0 aromatic heterocycles. The average molecular weight is 354 g/mol. The van der Waals surface area contributed by atoms with Crippen LogP contribution in [0.3, 0.4) is 0 Å². The highest BCUT2D eigenvalue weighted by molar-refractivity contribution is 6.04. The van der Waals surface area contributed by atoms with Crippen LogP contribution in [0.15, 0.2) is 24.3 Å². The lowest BCUT2D eigenvalue weighted by Gasteiger charge is -2.19. The smallest absolute Gasteiger partial charge is 0.253 e. The Morgan fingerprint density at radius 3 is 2.58 bits per heavy atom. The van der Waals surface area contributed by atoms with Crippen molar-refractivity contribution < 1.29 is 9.59 Å². The van der Waals surface area contributed by atoms with Crippen LogP contribution in [-0.2, 0) is 4.79 Å². The molecule has 1 saturated heterocycles. The number of amides is 2. The predicted octanol–water partition coefficient (Wildman–Crippen LogP) is 2.82. The largest absolute Gasteiger partial charge is 0.352 e. The summed E-state index contributed by atoms with van der Waals surface area (Å²) >= 11 is 0. The monoisotopic (exact) mass is 353 g/mol. The van der Waals surface area contributed by atoms with E-state index in [0.29, 0.717) is 23.7 Å². The lowest BCUT2D eigenvalue weighted by molar-refractivity contribution is -0.123. The van der Waals surface area contributed by atoms with Crippen LogP contribution in [0.4, 0.5) is 5.69 Å². The third-order valence-electron chi connectivity index (χ3n) is 4.10. The maximum atomic E-state index is 12.4. The third-order valence-corrected chi connectivity index (χ3v) is 4.10. The number of hydrogen-bond acceptors (Lipinski definition) is 3. The molecule has 0 radical (unpaired) electrons. The Morgan fingerprint density at radius 1 is 1.25 bits per heavy atom. The quantitative estimate of drug-likeness (QED) is 0.762. The van der Waals surface area contributed by atoms with Crippen LogP contribution in [-0.4, -0.2) is 31.4 Å². The highest BCUT2D eigenvalue weighted by Gasteiger charge is 2.23. The zero-order chi connectivity index (χ0) is 16.9. The van der Waals surface area contributed by atoms with E-state index in [1.54, 1.807) is 12.1 Å². The number of halogens is 1. The zero-order valence-corrected chi connectivity index (χ0v) is 15.5. The van der Waals surface area contributed by atoms with E-state index in [2.05, 4.69) is 16.0 Å². The fraction of sp³-hybridized carbons (Fsp3) is 0.556. The second kappa shape index (κ2) is 9.04. The first-order valence-corrected chi connectivity index (χ1v) is 8.27. The molecular weight excluding hydrogens is 326 g/mol. The number of rotatable bonds is 5. The number of carbonyl (C=O) groups excluding carboxylic acids is 2. The van der Waals surface area contributed by atoms with Crippen molar-refractivity contribution in [3.05, 3.63) is 29.8 Å². The lowest BCUT2D eigenvalue weighted by atomic mass is 9.95. The first-order chi connectivity index (χ1) is 10.9. The van der Waals surface area contributed by atoms with Crippen LogP contribution in [0.1, 0.15) is 44.0 Å². The fourth-order valence-corrected chi connectivity index (χ4v) is 2.55. The molecule has 1 unspecified atom stereocenters. The van der Waals surface area contributed by atoms with Crippen LogP contribution >= 0.6 is 12.4 Å². The van der Waals surface area contributed by atoms with E-state index in [-0.39, 0.29) is 24.2 Å². The van der Waals surface area contributed by atoms with Crippen LogP contribution < -0.4 is 16.0 Å². The van der Waals surface area contributed by atoms with Crippen LogP contribution in [0.5, 0.6) is 0 Å². The molecule has 2 amide bonds. The van der Waals surface area contributed by atoms with Gasteiger partial charge in [-0.25, -0.2) is 0 Å². The molecule has 1 aromatic carbocycles. The Bertz CT molecular complexity index is 564. The van der Waals surface area contributed by atoms with Crippen molar-refractivity contribution in [3.8, 4) is 0 Å². The molecule has 1 atom stereocenters. The Hall–Kier alpha value is -1.59. The van der Waals surface area contributed by atoms with E-state index in [1.807, 2.05) is 32.9 Å². The highest BCUT2D eigenvalue weighted by Crippen LogP contribution is 2.20. The van der Waals surface area contributed by atoms with Crippen molar-refractivity contribution in [1.82, 2.24) is 10.6 Å². The Morgan fingerprint density at radius 2 is 1.96 bits per heavy atom. The van der Waals surface area contributed by atoms with Crippen molar-refractivity contribution in [2.45, 2.75) is 33.6 Å². The summed E-state index contributed by atoms with van der Waals surface area (Å²) in [6, 6.07) is 7.13. The molecule has 6 heteroatoms. The van der Waals surface area contributed by atoms with Gasteiger partial charge in [-0.15, -0.1) is 12.4 Å². The Balaban J connectivity index is 0.00000288. The summed E-state index contributed by atoms with van der Waals surface area (Å²) in [6.45, 7) is 8.31. The van der Waals surface area contributed by atoms with Gasteiger partial charge in [0, 0.05) is 12.0 Å². The first kappa shape index (κ1) is 20.5. The van der Waals surface area contributed by atoms with E-state index in [4.69, 9.17) is 0 Å². The number of anilines is 1. The normalized spacial score (nSPS) is 17.0. The standard InChI is InChI=1S/C18H27N3O2.ClH/c1-18(2,3)17(23)21-15-7-5-4-6-14(15)16(22)20-11-9-13-8-10-19-12-13;/h4-7,13,19H,8-12H2,1-3H3,(H,20,22)(H,21,23);1H. The van der Waals surface area contributed by atoms with Gasteiger partial charge >= 0.3 is 0 Å². The minimum Gasteiger partial charge on any atom is -0.352 e. The molecule has 3 N–H and O–H groups in total. The minimum atomic E-state index is -0.501. The van der Waals surface area contributed by atoms with Gasteiger partial charge in [-0.2, -0.15) is 0 Å². The molecule has 134 valence electrons. The first-order valence-electron chi connectivity index (χ1n) is 8.27. The second-order valence-corrected chi connectivity index (χ2v) is 7.15. The SMILES string of the molecule is CC(C)(C)C(=O)Nc1ccccc1C(=O)NCCC1CCNC1.Cl. The summed E-state index contributed by atoms with van der Waals surface area (Å²) in [6.07, 6.45) is 2.16. The van der Waals surface area contributed by atoms with Gasteiger partial charge in [0.25, 0.3) is 5.91 Å². The van der Waals surface area contributed by atoms with Gasteiger partial charge < -0.3 is 16.0 Å². The van der Waals surface area contributed by atoms with Gasteiger partial charge in [0.2, 0.25) is 5.91 Å². The third kappa shape index (κ3) is 5.80. The zero-order valence-electron chi connectivity index (χ0n) is 14.6. The van der Waals surface area contributed by atoms with Crippen molar-refractivity contribution in [3.63, 3.8) is 0 Å². The maximum absolute atomic E-state index is 12.4. The summed E-state index contributed by atoms with van der Waals surface area (Å²) in [4.78, 5) is 24.5. The molecule has 0 bridgehead atoms. The van der Waals surface area contributed by atoms with Gasteiger partial charge in [-0.3, -0.25) is 9.59 Å². The molecule has 2 rings (SSSR count). The molecule has 1 aliphatic rings. The summed E-state index contributed by atoms with van der Waals surface area (Å²) in [7, 11) is 0. The molecule has 0 saturated carbocycles. The van der Waals surface area contributed by atoms with Crippen molar-refractivity contribution in [2.24, 2.45) is 11.3 Å². The van der Waals surface area contributed by atoms with Crippen LogP contribution in [0.25, 0.3) is 0 Å². The minimum absolute atomic E-state index is 0. The number of hydrogen-bond donors (Lipinski definition) is 3. The Kier molecular flexibility index (Phi) is 7.70. The lowest BCUT2D eigenvalue weighted by Crippen LogP contribution is -2.30. The Labute approximate surface area is 150 Å². The molecular formula is C18H28ClN3O2.